The van der Waals surface area contributed by atoms with Crippen molar-refractivity contribution in [3.63, 3.8) is 0 Å². The highest BCUT2D eigenvalue weighted by molar-refractivity contribution is 5.38. The minimum Gasteiger partial charge on any atom is -0.381 e. The number of nitrogens with one attached hydrogen (secondary N) is 1. The summed E-state index contributed by atoms with van der Waals surface area (Å²) in [7, 11) is 1.71. The summed E-state index contributed by atoms with van der Waals surface area (Å²) in [5, 5.41) is 3.14. The van der Waals surface area contributed by atoms with Gasteiger partial charge in [-0.05, 0) is 18.6 Å². The van der Waals surface area contributed by atoms with Gasteiger partial charge >= 0.3 is 0 Å². The normalized spacial score (nSPS) is 27.2. The molecular formula is C12H17FN2O. The molecule has 2 atom stereocenters. The predicted molar refractivity (Wildman–Crippen MR) is 60.8 cm³/mol. The third kappa shape index (κ3) is 1.78. The Morgan fingerprint density at radius 2 is 2.31 bits per heavy atom. The molecule has 1 aliphatic carbocycles. The second-order valence-corrected chi connectivity index (χ2v) is 4.81. The molecule has 1 fully saturated rings. The van der Waals surface area contributed by atoms with Crippen LogP contribution in [0.5, 0.6) is 0 Å². The Balaban J connectivity index is 2.05. The van der Waals surface area contributed by atoms with Crippen LogP contribution in [-0.4, -0.2) is 24.2 Å². The zero-order valence-electron chi connectivity index (χ0n) is 9.83. The lowest BCUT2D eigenvalue weighted by Gasteiger charge is -2.51. The number of rotatable bonds is 3. The van der Waals surface area contributed by atoms with E-state index >= 15 is 0 Å². The van der Waals surface area contributed by atoms with Gasteiger partial charge in [0, 0.05) is 24.8 Å². The van der Waals surface area contributed by atoms with Gasteiger partial charge in [-0.25, -0.2) is 9.37 Å². The van der Waals surface area contributed by atoms with Gasteiger partial charge in [-0.15, -0.1) is 0 Å². The first-order valence-corrected chi connectivity index (χ1v) is 5.45. The van der Waals surface area contributed by atoms with E-state index in [1.165, 1.54) is 6.07 Å². The maximum atomic E-state index is 13.4. The Hall–Kier alpha value is -1.16. The number of halogens is 1. The molecule has 0 aromatic carbocycles. The third-order valence-electron chi connectivity index (χ3n) is 3.53. The van der Waals surface area contributed by atoms with E-state index in [4.69, 9.17) is 4.74 Å². The second-order valence-electron chi connectivity index (χ2n) is 4.81. The highest BCUT2D eigenvalue weighted by Crippen LogP contribution is 2.43. The van der Waals surface area contributed by atoms with Crippen LogP contribution in [0.4, 0.5) is 10.2 Å². The molecule has 4 heteroatoms. The van der Waals surface area contributed by atoms with Crippen molar-refractivity contribution in [2.24, 2.45) is 5.41 Å². The number of nitrogens with zero attached hydrogens (tertiary/aromatic N) is 1. The monoisotopic (exact) mass is 224 g/mol. The van der Waals surface area contributed by atoms with E-state index < -0.39 is 0 Å². The zero-order valence-corrected chi connectivity index (χ0v) is 9.83. The molecule has 0 amide bonds. The average Bonchev–Trinajstić information content (AvgIpc) is 2.26. The maximum absolute atomic E-state index is 13.4. The van der Waals surface area contributed by atoms with Gasteiger partial charge in [0.2, 0.25) is 0 Å². The van der Waals surface area contributed by atoms with Gasteiger partial charge in [0.05, 0.1) is 6.10 Å². The molecule has 1 aromatic rings. The van der Waals surface area contributed by atoms with E-state index in [1.54, 1.807) is 19.4 Å². The molecule has 1 aliphatic rings. The van der Waals surface area contributed by atoms with Crippen LogP contribution >= 0.6 is 0 Å². The van der Waals surface area contributed by atoms with E-state index in [1.807, 2.05) is 0 Å². The van der Waals surface area contributed by atoms with Crippen LogP contribution in [0.1, 0.15) is 20.3 Å². The molecule has 0 radical (unpaired) electrons. The largest absolute Gasteiger partial charge is 0.381 e. The van der Waals surface area contributed by atoms with Crippen molar-refractivity contribution >= 4 is 5.82 Å². The van der Waals surface area contributed by atoms with Gasteiger partial charge in [0.15, 0.2) is 11.6 Å². The highest BCUT2D eigenvalue weighted by Gasteiger charge is 2.48. The first-order valence-electron chi connectivity index (χ1n) is 5.45. The number of ether oxygens (including phenoxy) is 1. The van der Waals surface area contributed by atoms with Crippen molar-refractivity contribution in [3.8, 4) is 0 Å². The number of aromatic nitrogens is 1. The third-order valence-corrected chi connectivity index (χ3v) is 3.53. The smallest absolute Gasteiger partial charge is 0.165 e. The molecule has 88 valence electrons. The summed E-state index contributed by atoms with van der Waals surface area (Å²) in [5.74, 6) is 0.0225. The molecule has 2 rings (SSSR count). The van der Waals surface area contributed by atoms with Crippen molar-refractivity contribution in [3.05, 3.63) is 24.1 Å². The summed E-state index contributed by atoms with van der Waals surface area (Å²) in [4.78, 5) is 3.99. The topological polar surface area (TPSA) is 34.1 Å². The summed E-state index contributed by atoms with van der Waals surface area (Å²) in [6, 6.07) is 3.21. The molecule has 16 heavy (non-hydrogen) atoms. The van der Waals surface area contributed by atoms with Crippen LogP contribution in [-0.2, 0) is 4.74 Å². The lowest BCUT2D eigenvalue weighted by Crippen LogP contribution is -2.57. The molecular weight excluding hydrogens is 207 g/mol. The molecule has 3 nitrogen and oxygen atoms in total. The van der Waals surface area contributed by atoms with E-state index in [2.05, 4.69) is 24.1 Å². The minimum atomic E-state index is -0.306. The Morgan fingerprint density at radius 3 is 2.88 bits per heavy atom. The van der Waals surface area contributed by atoms with Crippen LogP contribution in [0.15, 0.2) is 18.3 Å². The Bertz CT molecular complexity index is 381. The molecule has 0 aliphatic heterocycles. The first kappa shape index (κ1) is 11.3. The number of pyridine rings is 1. The summed E-state index contributed by atoms with van der Waals surface area (Å²) in [5.41, 5.74) is 0.0126. The fourth-order valence-corrected chi connectivity index (χ4v) is 2.19. The lowest BCUT2D eigenvalue weighted by atomic mass is 9.64. The molecule has 0 spiro atoms. The Kier molecular flexibility index (Phi) is 2.84. The Morgan fingerprint density at radius 1 is 1.56 bits per heavy atom. The second kappa shape index (κ2) is 4.01. The fourth-order valence-electron chi connectivity index (χ4n) is 2.19. The van der Waals surface area contributed by atoms with Crippen LogP contribution in [0.25, 0.3) is 0 Å². The zero-order chi connectivity index (χ0) is 11.8. The summed E-state index contributed by atoms with van der Waals surface area (Å²) >= 11 is 0. The van der Waals surface area contributed by atoms with E-state index in [0.717, 1.165) is 6.42 Å². The molecule has 1 N–H and O–H groups in total. The summed E-state index contributed by atoms with van der Waals surface area (Å²) < 4.78 is 18.7. The lowest BCUT2D eigenvalue weighted by molar-refractivity contribution is -0.0796. The molecule has 0 bridgehead atoms. The van der Waals surface area contributed by atoms with Crippen LogP contribution in [0.3, 0.4) is 0 Å². The average molecular weight is 224 g/mol. The van der Waals surface area contributed by atoms with Crippen LogP contribution in [0, 0.1) is 11.2 Å². The number of anilines is 1. The standard InChI is InChI=1S/C12H17FN2O/c1-12(2)9(7-10(12)16-3)15-11-8(13)5-4-6-14-11/h4-6,9-10H,7H2,1-3H3,(H,14,15). The van der Waals surface area contributed by atoms with Gasteiger partial charge in [-0.3, -0.25) is 0 Å². The molecule has 1 saturated carbocycles. The SMILES string of the molecule is COC1CC(Nc2ncccc2F)C1(C)C. The molecule has 2 unspecified atom stereocenters. The van der Waals surface area contributed by atoms with Gasteiger partial charge in [0.25, 0.3) is 0 Å². The fraction of sp³-hybridized carbons (Fsp3) is 0.583. The van der Waals surface area contributed by atoms with E-state index in [9.17, 15) is 4.39 Å². The minimum absolute atomic E-state index is 0.0126. The van der Waals surface area contributed by atoms with E-state index in [0.29, 0.717) is 5.82 Å². The summed E-state index contributed by atoms with van der Waals surface area (Å²) in [6.07, 6.45) is 2.71. The van der Waals surface area contributed by atoms with Gasteiger partial charge in [-0.2, -0.15) is 0 Å². The van der Waals surface area contributed by atoms with Gasteiger partial charge in [-0.1, -0.05) is 13.8 Å². The van der Waals surface area contributed by atoms with Crippen molar-refractivity contribution in [2.75, 3.05) is 12.4 Å². The number of methoxy groups -OCH3 is 1. The highest BCUT2D eigenvalue weighted by atomic mass is 19.1. The Labute approximate surface area is 95.0 Å². The summed E-state index contributed by atoms with van der Waals surface area (Å²) in [6.45, 7) is 4.23. The van der Waals surface area contributed by atoms with Crippen molar-refractivity contribution in [2.45, 2.75) is 32.4 Å². The van der Waals surface area contributed by atoms with E-state index in [-0.39, 0.29) is 23.4 Å². The predicted octanol–water partition coefficient (Wildman–Crippen LogP) is 2.45. The first-order chi connectivity index (χ1) is 7.55. The number of hydrogen-bond donors (Lipinski definition) is 1. The molecule has 1 aromatic heterocycles. The number of hydrogen-bond acceptors (Lipinski definition) is 3. The van der Waals surface area contributed by atoms with Gasteiger partial charge in [0.1, 0.15) is 0 Å². The van der Waals surface area contributed by atoms with Crippen LogP contribution < -0.4 is 5.32 Å². The molecule has 1 heterocycles. The van der Waals surface area contributed by atoms with Crippen molar-refractivity contribution < 1.29 is 9.13 Å². The quantitative estimate of drug-likeness (QED) is 0.856. The van der Waals surface area contributed by atoms with Crippen LogP contribution in [0.2, 0.25) is 0 Å². The molecule has 0 saturated heterocycles. The maximum Gasteiger partial charge on any atom is 0.165 e. The van der Waals surface area contributed by atoms with Crippen molar-refractivity contribution in [1.82, 2.24) is 4.98 Å². The van der Waals surface area contributed by atoms with Crippen molar-refractivity contribution in [1.29, 1.82) is 0 Å². The van der Waals surface area contributed by atoms with Gasteiger partial charge < -0.3 is 10.1 Å².